The van der Waals surface area contributed by atoms with Gasteiger partial charge in [-0.05, 0) is 33.4 Å². The molecule has 1 aromatic carbocycles. The molecular weight excluding hydrogens is 226 g/mol. The molecule has 0 amide bonds. The van der Waals surface area contributed by atoms with Gasteiger partial charge in [-0.1, -0.05) is 25.1 Å². The van der Waals surface area contributed by atoms with Crippen molar-refractivity contribution in [3.63, 3.8) is 0 Å². The van der Waals surface area contributed by atoms with E-state index < -0.39 is 0 Å². The van der Waals surface area contributed by atoms with Crippen LogP contribution in [-0.2, 0) is 4.74 Å². The molecule has 102 valence electrons. The molecule has 3 nitrogen and oxygen atoms in total. The van der Waals surface area contributed by atoms with Crippen LogP contribution in [-0.4, -0.2) is 26.4 Å². The summed E-state index contributed by atoms with van der Waals surface area (Å²) in [6.45, 7) is 7.66. The third-order valence-corrected chi connectivity index (χ3v) is 2.64. The second-order valence-electron chi connectivity index (χ2n) is 4.62. The van der Waals surface area contributed by atoms with E-state index in [4.69, 9.17) is 9.47 Å². The van der Waals surface area contributed by atoms with Crippen LogP contribution in [0.3, 0.4) is 0 Å². The first-order chi connectivity index (χ1) is 8.69. The maximum Gasteiger partial charge on any atom is 0.124 e. The summed E-state index contributed by atoms with van der Waals surface area (Å²) in [7, 11) is 1.95. The Morgan fingerprint density at radius 1 is 1.22 bits per heavy atom. The SMILES string of the molecule is CCCOCC(NC)c1ccccc1OC(C)C. The molecule has 1 aromatic rings. The minimum Gasteiger partial charge on any atom is -0.491 e. The maximum absolute atomic E-state index is 5.84. The predicted molar refractivity (Wildman–Crippen MR) is 75.1 cm³/mol. The number of ether oxygens (including phenoxy) is 2. The van der Waals surface area contributed by atoms with Gasteiger partial charge in [0.25, 0.3) is 0 Å². The number of hydrogen-bond acceptors (Lipinski definition) is 3. The molecule has 1 unspecified atom stereocenters. The van der Waals surface area contributed by atoms with E-state index in [0.717, 1.165) is 24.3 Å². The number of likely N-dealkylation sites (N-methyl/N-ethyl adjacent to an activating group) is 1. The Bertz CT molecular complexity index is 339. The molecule has 0 saturated heterocycles. The molecule has 0 bridgehead atoms. The van der Waals surface area contributed by atoms with Gasteiger partial charge in [0.1, 0.15) is 5.75 Å². The summed E-state index contributed by atoms with van der Waals surface area (Å²) >= 11 is 0. The molecular formula is C15H25NO2. The fourth-order valence-corrected chi connectivity index (χ4v) is 1.80. The zero-order valence-corrected chi connectivity index (χ0v) is 11.9. The third-order valence-electron chi connectivity index (χ3n) is 2.64. The molecule has 1 atom stereocenters. The Labute approximate surface area is 110 Å². The summed E-state index contributed by atoms with van der Waals surface area (Å²) in [5, 5.41) is 3.29. The highest BCUT2D eigenvalue weighted by Crippen LogP contribution is 2.26. The Balaban J connectivity index is 2.77. The van der Waals surface area contributed by atoms with Gasteiger partial charge < -0.3 is 14.8 Å². The van der Waals surface area contributed by atoms with Crippen LogP contribution in [0.2, 0.25) is 0 Å². The Hall–Kier alpha value is -1.06. The van der Waals surface area contributed by atoms with E-state index in [1.54, 1.807) is 0 Å². The molecule has 0 saturated carbocycles. The summed E-state index contributed by atoms with van der Waals surface area (Å²) in [4.78, 5) is 0. The molecule has 0 heterocycles. The number of benzene rings is 1. The van der Waals surface area contributed by atoms with Crippen molar-refractivity contribution in [3.05, 3.63) is 29.8 Å². The van der Waals surface area contributed by atoms with Crippen LogP contribution in [0, 0.1) is 0 Å². The van der Waals surface area contributed by atoms with Gasteiger partial charge in [-0.25, -0.2) is 0 Å². The maximum atomic E-state index is 5.84. The number of para-hydroxylation sites is 1. The smallest absolute Gasteiger partial charge is 0.124 e. The average Bonchev–Trinajstić information content (AvgIpc) is 2.35. The zero-order valence-electron chi connectivity index (χ0n) is 11.9. The molecule has 0 aliphatic rings. The lowest BCUT2D eigenvalue weighted by molar-refractivity contribution is 0.112. The van der Waals surface area contributed by atoms with E-state index >= 15 is 0 Å². The third kappa shape index (κ3) is 4.67. The van der Waals surface area contributed by atoms with Crippen LogP contribution in [0.15, 0.2) is 24.3 Å². The Morgan fingerprint density at radius 3 is 2.56 bits per heavy atom. The molecule has 1 N–H and O–H groups in total. The van der Waals surface area contributed by atoms with Crippen LogP contribution in [0.1, 0.15) is 38.8 Å². The lowest BCUT2D eigenvalue weighted by atomic mass is 10.1. The van der Waals surface area contributed by atoms with E-state index in [1.807, 2.05) is 39.1 Å². The van der Waals surface area contributed by atoms with Gasteiger partial charge in [-0.15, -0.1) is 0 Å². The fourth-order valence-electron chi connectivity index (χ4n) is 1.80. The topological polar surface area (TPSA) is 30.5 Å². The Morgan fingerprint density at radius 2 is 1.94 bits per heavy atom. The summed E-state index contributed by atoms with van der Waals surface area (Å²) in [6, 6.07) is 8.31. The van der Waals surface area contributed by atoms with Crippen LogP contribution in [0.25, 0.3) is 0 Å². The molecule has 0 aliphatic heterocycles. The van der Waals surface area contributed by atoms with Crippen molar-refractivity contribution in [2.75, 3.05) is 20.3 Å². The summed E-state index contributed by atoms with van der Waals surface area (Å²) in [6.07, 6.45) is 1.22. The molecule has 1 rings (SSSR count). The normalized spacial score (nSPS) is 12.7. The van der Waals surface area contributed by atoms with Crippen LogP contribution < -0.4 is 10.1 Å². The standard InChI is InChI=1S/C15H25NO2/c1-5-10-17-11-14(16-4)13-8-6-7-9-15(13)18-12(2)3/h6-9,12,14,16H,5,10-11H2,1-4H3. The molecule has 0 radical (unpaired) electrons. The molecule has 0 spiro atoms. The summed E-state index contributed by atoms with van der Waals surface area (Å²) in [5.41, 5.74) is 1.16. The predicted octanol–water partition coefficient (Wildman–Crippen LogP) is 3.16. The largest absolute Gasteiger partial charge is 0.491 e. The van der Waals surface area contributed by atoms with Gasteiger partial charge in [0.15, 0.2) is 0 Å². The first kappa shape index (κ1) is 15.0. The Kier molecular flexibility index (Phi) is 6.76. The van der Waals surface area contributed by atoms with Crippen molar-refractivity contribution >= 4 is 0 Å². The van der Waals surface area contributed by atoms with E-state index in [2.05, 4.69) is 18.3 Å². The highest BCUT2D eigenvalue weighted by atomic mass is 16.5. The van der Waals surface area contributed by atoms with E-state index in [-0.39, 0.29) is 12.1 Å². The minimum atomic E-state index is 0.173. The van der Waals surface area contributed by atoms with Crippen LogP contribution in [0.4, 0.5) is 0 Å². The van der Waals surface area contributed by atoms with Crippen LogP contribution >= 0.6 is 0 Å². The van der Waals surface area contributed by atoms with Crippen molar-refractivity contribution < 1.29 is 9.47 Å². The van der Waals surface area contributed by atoms with Gasteiger partial charge in [0, 0.05) is 12.2 Å². The van der Waals surface area contributed by atoms with Gasteiger partial charge >= 0.3 is 0 Å². The summed E-state index contributed by atoms with van der Waals surface area (Å²) in [5.74, 6) is 0.937. The zero-order chi connectivity index (χ0) is 13.4. The second kappa shape index (κ2) is 8.11. The lowest BCUT2D eigenvalue weighted by Crippen LogP contribution is -2.23. The molecule has 18 heavy (non-hydrogen) atoms. The first-order valence-corrected chi connectivity index (χ1v) is 6.69. The van der Waals surface area contributed by atoms with E-state index in [0.29, 0.717) is 6.61 Å². The van der Waals surface area contributed by atoms with E-state index in [1.165, 1.54) is 0 Å². The minimum absolute atomic E-state index is 0.173. The van der Waals surface area contributed by atoms with Crippen molar-refractivity contribution in [1.29, 1.82) is 0 Å². The van der Waals surface area contributed by atoms with Crippen molar-refractivity contribution in [2.45, 2.75) is 39.3 Å². The highest BCUT2D eigenvalue weighted by Gasteiger charge is 2.15. The van der Waals surface area contributed by atoms with E-state index in [9.17, 15) is 0 Å². The van der Waals surface area contributed by atoms with Gasteiger partial charge in [-0.2, -0.15) is 0 Å². The monoisotopic (exact) mass is 251 g/mol. The van der Waals surface area contributed by atoms with Gasteiger partial charge in [0.05, 0.1) is 18.8 Å². The molecule has 3 heteroatoms. The highest BCUT2D eigenvalue weighted by molar-refractivity contribution is 5.36. The lowest BCUT2D eigenvalue weighted by Gasteiger charge is -2.21. The van der Waals surface area contributed by atoms with Crippen molar-refractivity contribution in [1.82, 2.24) is 5.32 Å². The average molecular weight is 251 g/mol. The number of nitrogens with one attached hydrogen (secondary N) is 1. The summed E-state index contributed by atoms with van der Waals surface area (Å²) < 4.78 is 11.5. The second-order valence-corrected chi connectivity index (χ2v) is 4.62. The quantitative estimate of drug-likeness (QED) is 0.720. The van der Waals surface area contributed by atoms with Crippen molar-refractivity contribution in [3.8, 4) is 5.75 Å². The molecule has 0 fully saturated rings. The number of hydrogen-bond donors (Lipinski definition) is 1. The molecule has 0 aliphatic carbocycles. The van der Waals surface area contributed by atoms with Gasteiger partial charge in [-0.3, -0.25) is 0 Å². The first-order valence-electron chi connectivity index (χ1n) is 6.69. The number of rotatable bonds is 8. The molecule has 0 aromatic heterocycles. The van der Waals surface area contributed by atoms with Crippen molar-refractivity contribution in [2.24, 2.45) is 0 Å². The fraction of sp³-hybridized carbons (Fsp3) is 0.600. The van der Waals surface area contributed by atoms with Crippen LogP contribution in [0.5, 0.6) is 5.75 Å². The van der Waals surface area contributed by atoms with Gasteiger partial charge in [0.2, 0.25) is 0 Å².